The Labute approximate surface area is 174 Å². The van der Waals surface area contributed by atoms with Crippen molar-refractivity contribution in [2.45, 2.75) is 11.7 Å². The number of aromatic nitrogens is 4. The van der Waals surface area contributed by atoms with Crippen LogP contribution in [0.4, 0.5) is 5.69 Å². The molecule has 0 fully saturated rings. The summed E-state index contributed by atoms with van der Waals surface area (Å²) in [7, 11) is 0. The zero-order valence-electron chi connectivity index (χ0n) is 14.1. The van der Waals surface area contributed by atoms with Gasteiger partial charge in [-0.05, 0) is 30.3 Å². The number of hydrogen-bond acceptors (Lipinski definition) is 5. The van der Waals surface area contributed by atoms with Crippen LogP contribution >= 0.6 is 39.3 Å². The fourth-order valence-corrected chi connectivity index (χ4v) is 3.77. The van der Waals surface area contributed by atoms with Crippen LogP contribution in [-0.4, -0.2) is 31.4 Å². The van der Waals surface area contributed by atoms with E-state index in [1.165, 1.54) is 11.8 Å². The van der Waals surface area contributed by atoms with Crippen molar-refractivity contribution in [2.75, 3.05) is 11.1 Å². The van der Waals surface area contributed by atoms with Gasteiger partial charge in [0.2, 0.25) is 5.91 Å². The van der Waals surface area contributed by atoms with Crippen molar-refractivity contribution in [1.82, 2.24) is 19.7 Å². The average molecular weight is 465 g/mol. The molecule has 138 valence electrons. The molecule has 27 heavy (non-hydrogen) atoms. The van der Waals surface area contributed by atoms with Gasteiger partial charge in [0.05, 0.1) is 16.5 Å². The van der Waals surface area contributed by atoms with Crippen LogP contribution in [0.15, 0.2) is 65.0 Å². The third kappa shape index (κ3) is 4.97. The highest BCUT2D eigenvalue weighted by Crippen LogP contribution is 2.27. The minimum Gasteiger partial charge on any atom is -0.324 e. The number of nitrogens with one attached hydrogen (secondary N) is 1. The number of carbonyl (C=O) groups excluding carboxylic acids is 1. The molecule has 0 saturated heterocycles. The van der Waals surface area contributed by atoms with Gasteiger partial charge in [0.1, 0.15) is 0 Å². The summed E-state index contributed by atoms with van der Waals surface area (Å²) in [5.74, 6) is 0.677. The van der Waals surface area contributed by atoms with Gasteiger partial charge in [-0.2, -0.15) is 0 Å². The standard InChI is InChI=1S/C18H15BrClN5OS/c1-2-8-25-17(12-4-3-7-21-10-12)23-24-18(25)27-11-16(26)22-15-6-5-13(19)9-14(15)20/h2-7,9-10H,1,8,11H2,(H,22,26). The largest absolute Gasteiger partial charge is 0.324 e. The molecular weight excluding hydrogens is 450 g/mol. The highest BCUT2D eigenvalue weighted by atomic mass is 79.9. The Morgan fingerprint density at radius 2 is 2.22 bits per heavy atom. The third-order valence-electron chi connectivity index (χ3n) is 3.49. The molecule has 1 N–H and O–H groups in total. The number of pyridine rings is 1. The van der Waals surface area contributed by atoms with Gasteiger partial charge in [-0.15, -0.1) is 16.8 Å². The molecular formula is C18H15BrClN5OS. The lowest BCUT2D eigenvalue weighted by molar-refractivity contribution is -0.113. The molecule has 0 unspecified atom stereocenters. The zero-order chi connectivity index (χ0) is 19.2. The summed E-state index contributed by atoms with van der Waals surface area (Å²) in [5.41, 5.74) is 1.42. The quantitative estimate of drug-likeness (QED) is 0.406. The van der Waals surface area contributed by atoms with E-state index in [-0.39, 0.29) is 11.7 Å². The van der Waals surface area contributed by atoms with E-state index in [1.54, 1.807) is 30.6 Å². The Morgan fingerprint density at radius 3 is 2.93 bits per heavy atom. The molecule has 0 atom stereocenters. The molecule has 1 aromatic carbocycles. The molecule has 3 aromatic rings. The molecule has 2 aromatic heterocycles. The molecule has 1 amide bonds. The molecule has 6 nitrogen and oxygen atoms in total. The fourth-order valence-electron chi connectivity index (χ4n) is 2.30. The number of anilines is 1. The first-order chi connectivity index (χ1) is 13.1. The minimum absolute atomic E-state index is 0.175. The molecule has 0 radical (unpaired) electrons. The molecule has 2 heterocycles. The SMILES string of the molecule is C=CCn1c(SCC(=O)Nc2ccc(Br)cc2Cl)nnc1-c1cccnc1. The molecule has 0 spiro atoms. The first kappa shape index (κ1) is 19.6. The van der Waals surface area contributed by atoms with E-state index in [0.29, 0.717) is 28.2 Å². The van der Waals surface area contributed by atoms with Gasteiger partial charge in [0.25, 0.3) is 0 Å². The van der Waals surface area contributed by atoms with Crippen molar-refractivity contribution in [3.8, 4) is 11.4 Å². The summed E-state index contributed by atoms with van der Waals surface area (Å²) in [6, 6.07) is 9.04. The van der Waals surface area contributed by atoms with Gasteiger partial charge in [-0.3, -0.25) is 14.3 Å². The van der Waals surface area contributed by atoms with Gasteiger partial charge in [-0.25, -0.2) is 0 Å². The van der Waals surface area contributed by atoms with Gasteiger partial charge >= 0.3 is 0 Å². The molecule has 9 heteroatoms. The van der Waals surface area contributed by atoms with Gasteiger partial charge in [0, 0.05) is 29.0 Å². The lowest BCUT2D eigenvalue weighted by atomic mass is 10.3. The maximum atomic E-state index is 12.3. The van der Waals surface area contributed by atoms with Crippen molar-refractivity contribution in [2.24, 2.45) is 0 Å². The first-order valence-corrected chi connectivity index (χ1v) is 10.1. The lowest BCUT2D eigenvalue weighted by Crippen LogP contribution is -2.15. The Morgan fingerprint density at radius 1 is 1.37 bits per heavy atom. The number of rotatable bonds is 7. The smallest absolute Gasteiger partial charge is 0.234 e. The summed E-state index contributed by atoms with van der Waals surface area (Å²) < 4.78 is 2.74. The van der Waals surface area contributed by atoms with Crippen LogP contribution in [0.5, 0.6) is 0 Å². The number of amides is 1. The number of benzene rings is 1. The number of nitrogens with zero attached hydrogens (tertiary/aromatic N) is 4. The molecule has 0 saturated carbocycles. The van der Waals surface area contributed by atoms with Crippen molar-refractivity contribution in [3.63, 3.8) is 0 Å². The number of allylic oxidation sites excluding steroid dienone is 1. The van der Waals surface area contributed by atoms with E-state index in [4.69, 9.17) is 11.6 Å². The number of halogens is 2. The average Bonchev–Trinajstić information content (AvgIpc) is 3.06. The summed E-state index contributed by atoms with van der Waals surface area (Å²) in [6.07, 6.45) is 5.18. The van der Waals surface area contributed by atoms with Crippen LogP contribution in [0, 0.1) is 0 Å². The zero-order valence-corrected chi connectivity index (χ0v) is 17.3. The summed E-state index contributed by atoms with van der Waals surface area (Å²) in [6.45, 7) is 4.31. The van der Waals surface area contributed by atoms with Crippen LogP contribution in [-0.2, 0) is 11.3 Å². The molecule has 0 bridgehead atoms. The van der Waals surface area contributed by atoms with Gasteiger partial charge < -0.3 is 5.32 Å². The van der Waals surface area contributed by atoms with Crippen molar-refractivity contribution in [3.05, 3.63) is 64.9 Å². The highest BCUT2D eigenvalue weighted by molar-refractivity contribution is 9.10. The van der Waals surface area contributed by atoms with Crippen molar-refractivity contribution in [1.29, 1.82) is 0 Å². The number of carbonyl (C=O) groups is 1. The third-order valence-corrected chi connectivity index (χ3v) is 5.26. The maximum Gasteiger partial charge on any atom is 0.234 e. The van der Waals surface area contributed by atoms with Crippen LogP contribution < -0.4 is 5.32 Å². The van der Waals surface area contributed by atoms with Crippen LogP contribution in [0.3, 0.4) is 0 Å². The van der Waals surface area contributed by atoms with E-state index in [2.05, 4.69) is 43.0 Å². The van der Waals surface area contributed by atoms with E-state index in [1.807, 2.05) is 22.8 Å². The summed E-state index contributed by atoms with van der Waals surface area (Å²) in [5, 5.41) is 12.3. The molecule has 0 aliphatic heterocycles. The summed E-state index contributed by atoms with van der Waals surface area (Å²) in [4.78, 5) is 16.4. The molecule has 0 aliphatic carbocycles. The maximum absolute atomic E-state index is 12.3. The first-order valence-electron chi connectivity index (χ1n) is 7.90. The number of thioether (sulfide) groups is 1. The predicted octanol–water partition coefficient (Wildman–Crippen LogP) is 4.67. The van der Waals surface area contributed by atoms with E-state index < -0.39 is 0 Å². The van der Waals surface area contributed by atoms with Crippen molar-refractivity contribution >= 4 is 50.9 Å². The molecule has 3 rings (SSSR count). The topological polar surface area (TPSA) is 72.7 Å². The Hall–Kier alpha value is -2.16. The minimum atomic E-state index is -0.180. The summed E-state index contributed by atoms with van der Waals surface area (Å²) >= 11 is 10.8. The van der Waals surface area contributed by atoms with Crippen molar-refractivity contribution < 1.29 is 4.79 Å². The van der Waals surface area contributed by atoms with Crippen LogP contribution in [0.1, 0.15) is 0 Å². The predicted molar refractivity (Wildman–Crippen MR) is 112 cm³/mol. The molecule has 0 aliphatic rings. The van der Waals surface area contributed by atoms with Gasteiger partial charge in [-0.1, -0.05) is 45.4 Å². The highest BCUT2D eigenvalue weighted by Gasteiger charge is 2.15. The van der Waals surface area contributed by atoms with Gasteiger partial charge in [0.15, 0.2) is 11.0 Å². The van der Waals surface area contributed by atoms with E-state index in [9.17, 15) is 4.79 Å². The van der Waals surface area contributed by atoms with Crippen LogP contribution in [0.25, 0.3) is 11.4 Å². The number of hydrogen-bond donors (Lipinski definition) is 1. The Balaban J connectivity index is 1.71. The fraction of sp³-hybridized carbons (Fsp3) is 0.111. The Kier molecular flexibility index (Phi) is 6.65. The monoisotopic (exact) mass is 463 g/mol. The second kappa shape index (κ2) is 9.16. The normalized spacial score (nSPS) is 10.6. The van der Waals surface area contributed by atoms with E-state index in [0.717, 1.165) is 10.0 Å². The Bertz CT molecular complexity index is 964. The second-order valence-corrected chi connectivity index (χ2v) is 7.67. The van der Waals surface area contributed by atoms with E-state index >= 15 is 0 Å². The second-order valence-electron chi connectivity index (χ2n) is 5.41. The van der Waals surface area contributed by atoms with Crippen LogP contribution in [0.2, 0.25) is 5.02 Å². The lowest BCUT2D eigenvalue weighted by Gasteiger charge is -2.09.